The highest BCUT2D eigenvalue weighted by atomic mass is 16.5. The van der Waals surface area contributed by atoms with E-state index in [-0.39, 0.29) is 11.3 Å². The molecule has 1 aromatic carbocycles. The molecule has 0 saturated heterocycles. The van der Waals surface area contributed by atoms with Crippen LogP contribution in [-0.4, -0.2) is 25.6 Å². The molecule has 4 nitrogen and oxygen atoms in total. The van der Waals surface area contributed by atoms with Gasteiger partial charge < -0.3 is 15.4 Å². The van der Waals surface area contributed by atoms with E-state index in [1.165, 1.54) is 19.3 Å². The van der Waals surface area contributed by atoms with Crippen LogP contribution in [0.4, 0.5) is 5.69 Å². The number of anilines is 1. The molecule has 2 N–H and O–H groups in total. The monoisotopic (exact) mass is 318 g/mol. The van der Waals surface area contributed by atoms with Crippen molar-refractivity contribution in [3.8, 4) is 5.75 Å². The summed E-state index contributed by atoms with van der Waals surface area (Å²) in [4.78, 5) is 12.2. The average Bonchev–Trinajstić information content (AvgIpc) is 2.53. The molecule has 0 heterocycles. The van der Waals surface area contributed by atoms with Crippen LogP contribution in [-0.2, 0) is 4.79 Å². The van der Waals surface area contributed by atoms with Crippen LogP contribution in [0.25, 0.3) is 0 Å². The first-order chi connectivity index (χ1) is 10.9. The van der Waals surface area contributed by atoms with E-state index in [9.17, 15) is 4.79 Å². The average molecular weight is 318 g/mol. The highest BCUT2D eigenvalue weighted by molar-refractivity contribution is 5.92. The number of rotatable bonds is 5. The van der Waals surface area contributed by atoms with Crippen molar-refractivity contribution in [2.24, 2.45) is 11.3 Å². The van der Waals surface area contributed by atoms with Crippen molar-refractivity contribution in [1.82, 2.24) is 5.32 Å². The Bertz CT molecular complexity index is 505. The van der Waals surface area contributed by atoms with Gasteiger partial charge in [-0.05, 0) is 48.4 Å². The zero-order chi connectivity index (χ0) is 16.9. The van der Waals surface area contributed by atoms with E-state index >= 15 is 0 Å². The zero-order valence-corrected chi connectivity index (χ0v) is 14.8. The molecular formula is C19H30N2O2. The predicted octanol–water partition coefficient (Wildman–Crippen LogP) is 3.83. The lowest BCUT2D eigenvalue weighted by Gasteiger charge is -2.40. The molecule has 0 aliphatic heterocycles. The Morgan fingerprint density at radius 3 is 2.43 bits per heavy atom. The van der Waals surface area contributed by atoms with E-state index in [1.54, 1.807) is 7.11 Å². The van der Waals surface area contributed by atoms with Gasteiger partial charge in [0.1, 0.15) is 5.75 Å². The first-order valence-electron chi connectivity index (χ1n) is 8.57. The number of hydrogen-bond donors (Lipinski definition) is 2. The van der Waals surface area contributed by atoms with Crippen molar-refractivity contribution >= 4 is 11.6 Å². The summed E-state index contributed by atoms with van der Waals surface area (Å²) in [5.41, 5.74) is 1.08. The van der Waals surface area contributed by atoms with Gasteiger partial charge in [0.25, 0.3) is 0 Å². The van der Waals surface area contributed by atoms with Gasteiger partial charge in [-0.3, -0.25) is 4.79 Å². The SMILES string of the molecule is COc1ccc(NC(=O)CNC2CCCCC2C(C)(C)C)cc1. The molecule has 1 amide bonds. The largest absolute Gasteiger partial charge is 0.497 e. The number of methoxy groups -OCH3 is 1. The number of benzene rings is 1. The summed E-state index contributed by atoms with van der Waals surface area (Å²) >= 11 is 0. The lowest BCUT2D eigenvalue weighted by molar-refractivity contribution is -0.115. The molecule has 1 aliphatic carbocycles. The minimum Gasteiger partial charge on any atom is -0.497 e. The Morgan fingerprint density at radius 2 is 1.83 bits per heavy atom. The van der Waals surface area contributed by atoms with Crippen LogP contribution in [0.5, 0.6) is 5.75 Å². The van der Waals surface area contributed by atoms with Crippen LogP contribution >= 0.6 is 0 Å². The van der Waals surface area contributed by atoms with Crippen molar-refractivity contribution in [2.45, 2.75) is 52.5 Å². The van der Waals surface area contributed by atoms with Gasteiger partial charge in [0.2, 0.25) is 5.91 Å². The molecule has 4 heteroatoms. The standard InChI is InChI=1S/C19H30N2O2/c1-19(2,3)16-7-5-6-8-17(16)20-13-18(22)21-14-9-11-15(23-4)12-10-14/h9-12,16-17,20H,5-8,13H2,1-4H3,(H,21,22). The highest BCUT2D eigenvalue weighted by Gasteiger charge is 2.33. The number of hydrogen-bond acceptors (Lipinski definition) is 3. The van der Waals surface area contributed by atoms with Crippen LogP contribution in [0.3, 0.4) is 0 Å². The molecule has 0 radical (unpaired) electrons. The summed E-state index contributed by atoms with van der Waals surface area (Å²) in [6, 6.07) is 7.84. The summed E-state index contributed by atoms with van der Waals surface area (Å²) < 4.78 is 5.12. The fourth-order valence-corrected chi connectivity index (χ4v) is 3.52. The maximum atomic E-state index is 12.2. The fraction of sp³-hybridized carbons (Fsp3) is 0.632. The first-order valence-corrected chi connectivity index (χ1v) is 8.57. The van der Waals surface area contributed by atoms with Crippen molar-refractivity contribution in [3.63, 3.8) is 0 Å². The number of nitrogens with one attached hydrogen (secondary N) is 2. The summed E-state index contributed by atoms with van der Waals surface area (Å²) in [6.07, 6.45) is 4.97. The van der Waals surface area contributed by atoms with E-state index < -0.39 is 0 Å². The van der Waals surface area contributed by atoms with E-state index in [4.69, 9.17) is 4.74 Å². The molecule has 1 aromatic rings. The summed E-state index contributed by atoms with van der Waals surface area (Å²) in [7, 11) is 1.63. The van der Waals surface area contributed by atoms with Crippen LogP contribution in [0.1, 0.15) is 46.5 Å². The fourth-order valence-electron chi connectivity index (χ4n) is 3.52. The minimum atomic E-state index is 0.00778. The lowest BCUT2D eigenvalue weighted by atomic mass is 9.69. The Morgan fingerprint density at radius 1 is 1.17 bits per heavy atom. The number of amides is 1. The third kappa shape index (κ3) is 5.24. The topological polar surface area (TPSA) is 50.4 Å². The second-order valence-electron chi connectivity index (χ2n) is 7.52. The van der Waals surface area contributed by atoms with Gasteiger partial charge >= 0.3 is 0 Å². The molecule has 2 unspecified atom stereocenters. The van der Waals surface area contributed by atoms with Crippen molar-refractivity contribution in [2.75, 3.05) is 19.0 Å². The molecule has 2 rings (SSSR count). The van der Waals surface area contributed by atoms with Gasteiger partial charge in [0.05, 0.1) is 13.7 Å². The molecule has 1 aliphatic rings. The van der Waals surface area contributed by atoms with Gasteiger partial charge in [-0.1, -0.05) is 33.6 Å². The maximum absolute atomic E-state index is 12.2. The van der Waals surface area contributed by atoms with Crippen LogP contribution in [0.15, 0.2) is 24.3 Å². The van der Waals surface area contributed by atoms with E-state index in [0.717, 1.165) is 17.9 Å². The number of ether oxygens (including phenoxy) is 1. The molecule has 0 aromatic heterocycles. The third-order valence-electron chi connectivity index (χ3n) is 4.78. The second-order valence-corrected chi connectivity index (χ2v) is 7.52. The lowest BCUT2D eigenvalue weighted by Crippen LogP contribution is -2.46. The number of carbonyl (C=O) groups is 1. The first kappa shape index (κ1) is 17.8. The van der Waals surface area contributed by atoms with Crippen LogP contribution < -0.4 is 15.4 Å². The quantitative estimate of drug-likeness (QED) is 0.867. The van der Waals surface area contributed by atoms with Crippen molar-refractivity contribution in [1.29, 1.82) is 0 Å². The van der Waals surface area contributed by atoms with Gasteiger partial charge in [-0.15, -0.1) is 0 Å². The molecule has 0 spiro atoms. The molecule has 1 fully saturated rings. The summed E-state index contributed by atoms with van der Waals surface area (Å²) in [6.45, 7) is 7.27. The van der Waals surface area contributed by atoms with E-state index in [2.05, 4.69) is 31.4 Å². The van der Waals surface area contributed by atoms with Crippen molar-refractivity contribution in [3.05, 3.63) is 24.3 Å². The molecule has 1 saturated carbocycles. The zero-order valence-electron chi connectivity index (χ0n) is 14.8. The van der Waals surface area contributed by atoms with Crippen LogP contribution in [0, 0.1) is 11.3 Å². The van der Waals surface area contributed by atoms with Crippen LogP contribution in [0.2, 0.25) is 0 Å². The Kier molecular flexibility index (Phi) is 6.05. The predicted molar refractivity (Wildman–Crippen MR) is 94.8 cm³/mol. The summed E-state index contributed by atoms with van der Waals surface area (Å²) in [5.74, 6) is 1.43. The number of carbonyl (C=O) groups excluding carboxylic acids is 1. The Balaban J connectivity index is 1.84. The molecule has 23 heavy (non-hydrogen) atoms. The Labute approximate surface area is 140 Å². The highest BCUT2D eigenvalue weighted by Crippen LogP contribution is 2.37. The maximum Gasteiger partial charge on any atom is 0.238 e. The minimum absolute atomic E-state index is 0.00778. The molecule has 0 bridgehead atoms. The van der Waals surface area contributed by atoms with Gasteiger partial charge in [0.15, 0.2) is 0 Å². The Hall–Kier alpha value is -1.55. The third-order valence-corrected chi connectivity index (χ3v) is 4.78. The molecule has 128 valence electrons. The molecule has 2 atom stereocenters. The second kappa shape index (κ2) is 7.82. The summed E-state index contributed by atoms with van der Waals surface area (Å²) in [5, 5.41) is 6.41. The van der Waals surface area contributed by atoms with Gasteiger partial charge in [-0.25, -0.2) is 0 Å². The molecular weight excluding hydrogens is 288 g/mol. The normalized spacial score (nSPS) is 21.7. The van der Waals surface area contributed by atoms with E-state index in [0.29, 0.717) is 18.5 Å². The van der Waals surface area contributed by atoms with Crippen molar-refractivity contribution < 1.29 is 9.53 Å². The van der Waals surface area contributed by atoms with E-state index in [1.807, 2.05) is 24.3 Å². The van der Waals surface area contributed by atoms with Gasteiger partial charge in [0, 0.05) is 11.7 Å². The van der Waals surface area contributed by atoms with Gasteiger partial charge in [-0.2, -0.15) is 0 Å². The smallest absolute Gasteiger partial charge is 0.238 e.